The van der Waals surface area contributed by atoms with Crippen LogP contribution in [0.25, 0.3) is 11.1 Å². The number of amides is 1. The molecule has 5 aromatic rings. The quantitative estimate of drug-likeness (QED) is 0.114. The van der Waals surface area contributed by atoms with Crippen LogP contribution in [0.5, 0.6) is 5.75 Å². The summed E-state index contributed by atoms with van der Waals surface area (Å²) in [7, 11) is 1.95. The molecule has 258 valence electrons. The molecule has 5 atom stereocenters. The average Bonchev–Trinajstić information content (AvgIpc) is 3.15. The standard InChI is InChI=1S/C42H44N2O6/c1-28-39(26-44(2)25-38(47)35-14-8-16-37(46)23-35)49-42(50-40(28)31-19-17-29(27-45)18-20-31)36-15-7-13-34(22-36)33-12-6-9-30(21-33)24-43-41(48)32-10-4-3-5-11-32/h3-23,28,38-40,42,45-47H,24-27H2,1-2H3,(H,43,48)/t28-,38+,39+,40+,42+/m0/s1. The van der Waals surface area contributed by atoms with E-state index in [2.05, 4.69) is 30.4 Å². The SMILES string of the molecule is C[C@H]1[C@@H](CN(C)C[C@@H](O)c2cccc(O)c2)O[C@@H](c2cccc(-c3cccc(CNC(=O)c4ccccc4)c3)c2)O[C@H]1c1ccc(CO)cc1. The van der Waals surface area contributed by atoms with Crippen LogP contribution in [-0.2, 0) is 22.6 Å². The number of rotatable bonds is 12. The summed E-state index contributed by atoms with van der Waals surface area (Å²) >= 11 is 0. The second kappa shape index (κ2) is 16.3. The van der Waals surface area contributed by atoms with Gasteiger partial charge in [0.2, 0.25) is 0 Å². The molecule has 0 aromatic heterocycles. The van der Waals surface area contributed by atoms with E-state index in [0.717, 1.165) is 33.4 Å². The van der Waals surface area contributed by atoms with E-state index in [1.54, 1.807) is 36.4 Å². The van der Waals surface area contributed by atoms with Crippen LogP contribution < -0.4 is 5.32 Å². The lowest BCUT2D eigenvalue weighted by atomic mass is 9.89. The molecule has 1 saturated heterocycles. The van der Waals surface area contributed by atoms with Crippen molar-refractivity contribution in [1.82, 2.24) is 10.2 Å². The lowest BCUT2D eigenvalue weighted by Gasteiger charge is -2.42. The minimum atomic E-state index is -0.779. The number of benzene rings is 5. The van der Waals surface area contributed by atoms with Gasteiger partial charge in [0.25, 0.3) is 5.91 Å². The Bertz CT molecular complexity index is 1860. The van der Waals surface area contributed by atoms with Gasteiger partial charge in [-0.05, 0) is 76.8 Å². The van der Waals surface area contributed by atoms with Crippen molar-refractivity contribution >= 4 is 5.91 Å². The first-order valence-electron chi connectivity index (χ1n) is 17.0. The summed E-state index contributed by atoms with van der Waals surface area (Å²) in [6, 6.07) is 40.0. The van der Waals surface area contributed by atoms with Crippen LogP contribution in [0.3, 0.4) is 0 Å². The zero-order valence-corrected chi connectivity index (χ0v) is 28.4. The normalized spacial score (nSPS) is 19.6. The zero-order valence-electron chi connectivity index (χ0n) is 28.4. The van der Waals surface area contributed by atoms with Crippen molar-refractivity contribution < 1.29 is 29.6 Å². The molecule has 1 aliphatic rings. The highest BCUT2D eigenvalue weighted by Gasteiger charge is 2.39. The summed E-state index contributed by atoms with van der Waals surface area (Å²) in [5.41, 5.74) is 6.97. The Kier molecular flexibility index (Phi) is 11.4. The van der Waals surface area contributed by atoms with E-state index in [1.807, 2.05) is 84.7 Å². The van der Waals surface area contributed by atoms with Gasteiger partial charge in [-0.2, -0.15) is 0 Å². The second-order valence-corrected chi connectivity index (χ2v) is 13.0. The second-order valence-electron chi connectivity index (χ2n) is 13.0. The summed E-state index contributed by atoms with van der Waals surface area (Å²) in [6.07, 6.45) is -1.95. The van der Waals surface area contributed by atoms with Crippen molar-refractivity contribution in [2.75, 3.05) is 20.1 Å². The van der Waals surface area contributed by atoms with Crippen LogP contribution >= 0.6 is 0 Å². The molecule has 0 bridgehead atoms. The van der Waals surface area contributed by atoms with E-state index in [0.29, 0.717) is 30.8 Å². The van der Waals surface area contributed by atoms with Crippen LogP contribution in [0.1, 0.15) is 63.6 Å². The Balaban J connectivity index is 1.21. The number of aliphatic hydroxyl groups excluding tert-OH is 2. The van der Waals surface area contributed by atoms with E-state index in [4.69, 9.17) is 9.47 Å². The predicted octanol–water partition coefficient (Wildman–Crippen LogP) is 6.94. The number of ether oxygens (including phenoxy) is 2. The van der Waals surface area contributed by atoms with Gasteiger partial charge in [0, 0.05) is 36.7 Å². The number of phenols is 1. The predicted molar refractivity (Wildman–Crippen MR) is 193 cm³/mol. The lowest BCUT2D eigenvalue weighted by Crippen LogP contribution is -2.44. The van der Waals surface area contributed by atoms with Crippen LogP contribution in [0, 0.1) is 5.92 Å². The molecule has 0 saturated carbocycles. The van der Waals surface area contributed by atoms with Crippen molar-refractivity contribution in [3.05, 3.63) is 161 Å². The van der Waals surface area contributed by atoms with Crippen LogP contribution in [-0.4, -0.2) is 52.4 Å². The van der Waals surface area contributed by atoms with Gasteiger partial charge >= 0.3 is 0 Å². The molecule has 1 heterocycles. The molecule has 4 N–H and O–H groups in total. The van der Waals surface area contributed by atoms with Gasteiger partial charge < -0.3 is 35.0 Å². The molecular formula is C42H44N2O6. The third-order valence-corrected chi connectivity index (χ3v) is 9.26. The maximum atomic E-state index is 12.6. The number of carbonyl (C=O) groups is 1. The Morgan fingerprint density at radius 1 is 0.800 bits per heavy atom. The summed E-state index contributed by atoms with van der Waals surface area (Å²) in [6.45, 7) is 3.38. The number of phenolic OH excluding ortho intramolecular Hbond substituents is 1. The third kappa shape index (κ3) is 8.66. The molecule has 8 heteroatoms. The van der Waals surface area contributed by atoms with E-state index in [-0.39, 0.29) is 36.4 Å². The molecule has 1 fully saturated rings. The Morgan fingerprint density at radius 2 is 1.52 bits per heavy atom. The van der Waals surface area contributed by atoms with Crippen molar-refractivity contribution in [3.8, 4) is 16.9 Å². The summed E-state index contributed by atoms with van der Waals surface area (Å²) in [4.78, 5) is 14.7. The minimum absolute atomic E-state index is 0.0300. The maximum Gasteiger partial charge on any atom is 0.251 e. The van der Waals surface area contributed by atoms with Gasteiger partial charge in [0.15, 0.2) is 6.29 Å². The number of likely N-dealkylation sites (N-methyl/N-ethyl adjacent to an activating group) is 1. The maximum absolute atomic E-state index is 12.6. The Morgan fingerprint density at radius 3 is 2.26 bits per heavy atom. The van der Waals surface area contributed by atoms with Gasteiger partial charge in [-0.15, -0.1) is 0 Å². The molecule has 1 amide bonds. The summed E-state index contributed by atoms with van der Waals surface area (Å²) in [5, 5.41) is 33.5. The fourth-order valence-corrected chi connectivity index (χ4v) is 6.44. The molecular weight excluding hydrogens is 628 g/mol. The van der Waals surface area contributed by atoms with E-state index < -0.39 is 12.4 Å². The minimum Gasteiger partial charge on any atom is -0.508 e. The van der Waals surface area contributed by atoms with Crippen molar-refractivity contribution in [2.24, 2.45) is 5.92 Å². The summed E-state index contributed by atoms with van der Waals surface area (Å²) < 4.78 is 13.4. The molecule has 0 aliphatic carbocycles. The fraction of sp³-hybridized carbons (Fsp3) is 0.262. The third-order valence-electron chi connectivity index (χ3n) is 9.26. The first-order chi connectivity index (χ1) is 24.3. The van der Waals surface area contributed by atoms with Gasteiger partial charge in [-0.3, -0.25) is 4.79 Å². The molecule has 0 spiro atoms. The Labute approximate surface area is 293 Å². The number of aliphatic hydroxyl groups is 2. The van der Waals surface area contributed by atoms with Crippen LogP contribution in [0.15, 0.2) is 127 Å². The number of carbonyl (C=O) groups excluding carboxylic acids is 1. The smallest absolute Gasteiger partial charge is 0.251 e. The fourth-order valence-electron chi connectivity index (χ4n) is 6.44. The lowest BCUT2D eigenvalue weighted by molar-refractivity contribution is -0.276. The number of nitrogens with zero attached hydrogens (tertiary/aromatic N) is 1. The van der Waals surface area contributed by atoms with Crippen molar-refractivity contribution in [2.45, 2.75) is 44.7 Å². The molecule has 5 aromatic carbocycles. The van der Waals surface area contributed by atoms with Crippen molar-refractivity contribution in [1.29, 1.82) is 0 Å². The highest BCUT2D eigenvalue weighted by Crippen LogP contribution is 2.42. The molecule has 50 heavy (non-hydrogen) atoms. The monoisotopic (exact) mass is 672 g/mol. The highest BCUT2D eigenvalue weighted by atomic mass is 16.7. The largest absolute Gasteiger partial charge is 0.508 e. The molecule has 1 aliphatic heterocycles. The van der Waals surface area contributed by atoms with E-state index >= 15 is 0 Å². The van der Waals surface area contributed by atoms with E-state index in [1.165, 1.54) is 0 Å². The van der Waals surface area contributed by atoms with Gasteiger partial charge in [-0.25, -0.2) is 0 Å². The van der Waals surface area contributed by atoms with Crippen LogP contribution in [0.2, 0.25) is 0 Å². The number of aromatic hydroxyl groups is 1. The van der Waals surface area contributed by atoms with Crippen LogP contribution in [0.4, 0.5) is 0 Å². The van der Waals surface area contributed by atoms with Gasteiger partial charge in [-0.1, -0.05) is 97.9 Å². The number of hydrogen-bond donors (Lipinski definition) is 4. The summed E-state index contributed by atoms with van der Waals surface area (Å²) in [5.74, 6) is -0.0294. The first-order valence-corrected chi connectivity index (χ1v) is 17.0. The Hall–Kier alpha value is -4.83. The van der Waals surface area contributed by atoms with Gasteiger partial charge in [0.05, 0.1) is 24.9 Å². The zero-order chi connectivity index (χ0) is 35.0. The first kappa shape index (κ1) is 35.0. The van der Waals surface area contributed by atoms with Crippen molar-refractivity contribution in [3.63, 3.8) is 0 Å². The topological polar surface area (TPSA) is 111 Å². The number of nitrogens with one attached hydrogen (secondary N) is 1. The molecule has 6 rings (SSSR count). The molecule has 8 nitrogen and oxygen atoms in total. The average molecular weight is 673 g/mol. The highest BCUT2D eigenvalue weighted by molar-refractivity contribution is 5.94. The van der Waals surface area contributed by atoms with E-state index in [9.17, 15) is 20.1 Å². The molecule has 0 unspecified atom stereocenters. The molecule has 0 radical (unpaired) electrons. The number of hydrogen-bond acceptors (Lipinski definition) is 7. The van der Waals surface area contributed by atoms with Gasteiger partial charge in [0.1, 0.15) is 5.75 Å².